The van der Waals surface area contributed by atoms with Crippen LogP contribution in [0.4, 0.5) is 14.5 Å². The standard InChI is InChI=1S/C13H11ClF2N2O2S/c14-9-2-4-12(17)13(6-9)21(19,20)18-7-8-1-3-10(15)11(16)5-8/h1-6,18H,7,17H2. The summed E-state index contributed by atoms with van der Waals surface area (Å²) in [6, 6.07) is 7.17. The molecule has 0 bridgehead atoms. The molecule has 8 heteroatoms. The Hall–Kier alpha value is -1.70. The van der Waals surface area contributed by atoms with Crippen LogP contribution >= 0.6 is 11.6 Å². The molecule has 0 aliphatic rings. The third-order valence-electron chi connectivity index (χ3n) is 2.72. The van der Waals surface area contributed by atoms with Crippen molar-refractivity contribution >= 4 is 27.3 Å². The molecule has 0 heterocycles. The van der Waals surface area contributed by atoms with Crippen LogP contribution in [0, 0.1) is 11.6 Å². The van der Waals surface area contributed by atoms with E-state index in [1.807, 2.05) is 0 Å². The Morgan fingerprint density at radius 3 is 2.48 bits per heavy atom. The highest BCUT2D eigenvalue weighted by molar-refractivity contribution is 7.89. The van der Waals surface area contributed by atoms with Crippen LogP contribution in [0.3, 0.4) is 0 Å². The Kier molecular flexibility index (Phi) is 4.46. The van der Waals surface area contributed by atoms with Crippen LogP contribution in [-0.2, 0) is 16.6 Å². The fourth-order valence-corrected chi connectivity index (χ4v) is 3.06. The van der Waals surface area contributed by atoms with Gasteiger partial charge in [-0.3, -0.25) is 0 Å². The van der Waals surface area contributed by atoms with Gasteiger partial charge < -0.3 is 5.73 Å². The van der Waals surface area contributed by atoms with Crippen molar-refractivity contribution < 1.29 is 17.2 Å². The van der Waals surface area contributed by atoms with Gasteiger partial charge in [0.25, 0.3) is 0 Å². The molecular formula is C13H11ClF2N2O2S. The Morgan fingerprint density at radius 2 is 1.81 bits per heavy atom. The van der Waals surface area contributed by atoms with Crippen molar-refractivity contribution in [1.29, 1.82) is 0 Å². The van der Waals surface area contributed by atoms with E-state index >= 15 is 0 Å². The average molecular weight is 333 g/mol. The number of sulfonamides is 1. The fourth-order valence-electron chi connectivity index (χ4n) is 1.65. The minimum atomic E-state index is -3.91. The lowest BCUT2D eigenvalue weighted by molar-refractivity contribution is 0.506. The van der Waals surface area contributed by atoms with E-state index in [4.69, 9.17) is 17.3 Å². The van der Waals surface area contributed by atoms with Crippen LogP contribution < -0.4 is 10.5 Å². The van der Waals surface area contributed by atoms with Gasteiger partial charge in [0.2, 0.25) is 10.0 Å². The first-order valence-electron chi connectivity index (χ1n) is 5.78. The number of benzene rings is 2. The van der Waals surface area contributed by atoms with Gasteiger partial charge in [-0.1, -0.05) is 17.7 Å². The summed E-state index contributed by atoms with van der Waals surface area (Å²) in [4.78, 5) is -0.169. The molecule has 2 aromatic rings. The largest absolute Gasteiger partial charge is 0.398 e. The Balaban J connectivity index is 2.21. The van der Waals surface area contributed by atoms with Crippen LogP contribution in [0.25, 0.3) is 0 Å². The second kappa shape index (κ2) is 5.97. The van der Waals surface area contributed by atoms with E-state index in [0.29, 0.717) is 0 Å². The second-order valence-electron chi connectivity index (χ2n) is 4.26. The molecule has 112 valence electrons. The van der Waals surface area contributed by atoms with E-state index in [1.54, 1.807) is 0 Å². The maximum atomic E-state index is 13.0. The van der Waals surface area contributed by atoms with Crippen LogP contribution in [0.2, 0.25) is 5.02 Å². The Morgan fingerprint density at radius 1 is 1.10 bits per heavy atom. The van der Waals surface area contributed by atoms with E-state index in [1.165, 1.54) is 24.3 Å². The van der Waals surface area contributed by atoms with Gasteiger partial charge in [0.05, 0.1) is 5.69 Å². The van der Waals surface area contributed by atoms with Crippen LogP contribution in [0.1, 0.15) is 5.56 Å². The van der Waals surface area contributed by atoms with Gasteiger partial charge in [-0.25, -0.2) is 21.9 Å². The fraction of sp³-hybridized carbons (Fsp3) is 0.0769. The van der Waals surface area contributed by atoms with Gasteiger partial charge in [0.15, 0.2) is 11.6 Å². The van der Waals surface area contributed by atoms with Crippen molar-refractivity contribution in [3.05, 3.63) is 58.6 Å². The zero-order chi connectivity index (χ0) is 15.6. The maximum absolute atomic E-state index is 13.0. The molecule has 3 N–H and O–H groups in total. The van der Waals surface area contributed by atoms with Crippen LogP contribution in [0.15, 0.2) is 41.3 Å². The SMILES string of the molecule is Nc1ccc(Cl)cc1S(=O)(=O)NCc1ccc(F)c(F)c1. The highest BCUT2D eigenvalue weighted by atomic mass is 35.5. The highest BCUT2D eigenvalue weighted by Crippen LogP contribution is 2.22. The summed E-state index contributed by atoms with van der Waals surface area (Å²) < 4.78 is 52.3. The smallest absolute Gasteiger partial charge is 0.242 e. The first kappa shape index (κ1) is 15.7. The van der Waals surface area contributed by atoms with Crippen LogP contribution in [0.5, 0.6) is 0 Å². The first-order chi connectivity index (χ1) is 9.79. The lowest BCUT2D eigenvalue weighted by Gasteiger charge is -2.09. The normalized spacial score (nSPS) is 11.6. The molecule has 0 spiro atoms. The molecule has 0 atom stereocenters. The van der Waals surface area contributed by atoms with Crippen molar-refractivity contribution in [3.63, 3.8) is 0 Å². The maximum Gasteiger partial charge on any atom is 0.242 e. The summed E-state index contributed by atoms with van der Waals surface area (Å²) in [7, 11) is -3.91. The van der Waals surface area contributed by atoms with Gasteiger partial charge in [0.1, 0.15) is 4.90 Å². The number of nitrogens with one attached hydrogen (secondary N) is 1. The van der Waals surface area contributed by atoms with E-state index < -0.39 is 21.7 Å². The number of nitrogen functional groups attached to an aromatic ring is 1. The summed E-state index contributed by atoms with van der Waals surface area (Å²) in [6.45, 7) is -0.203. The molecule has 0 amide bonds. The predicted octanol–water partition coefficient (Wildman–Crippen LogP) is 2.68. The summed E-state index contributed by atoms with van der Waals surface area (Å²) in [6.07, 6.45) is 0. The molecule has 0 aliphatic heterocycles. The summed E-state index contributed by atoms with van der Waals surface area (Å²) >= 11 is 5.74. The molecule has 0 saturated heterocycles. The van der Waals surface area contributed by atoms with Crippen molar-refractivity contribution in [2.45, 2.75) is 11.4 Å². The zero-order valence-corrected chi connectivity index (χ0v) is 12.2. The topological polar surface area (TPSA) is 72.2 Å². The summed E-state index contributed by atoms with van der Waals surface area (Å²) in [5.41, 5.74) is 5.92. The molecule has 2 rings (SSSR count). The predicted molar refractivity (Wildman–Crippen MR) is 76.2 cm³/mol. The molecule has 0 fully saturated rings. The number of rotatable bonds is 4. The highest BCUT2D eigenvalue weighted by Gasteiger charge is 2.18. The van der Waals surface area contributed by atoms with Crippen molar-refractivity contribution in [1.82, 2.24) is 4.72 Å². The molecule has 21 heavy (non-hydrogen) atoms. The third-order valence-corrected chi connectivity index (χ3v) is 4.41. The number of anilines is 1. The monoisotopic (exact) mass is 332 g/mol. The first-order valence-corrected chi connectivity index (χ1v) is 7.64. The van der Waals surface area contributed by atoms with Crippen LogP contribution in [-0.4, -0.2) is 8.42 Å². The van der Waals surface area contributed by atoms with Gasteiger partial charge in [-0.2, -0.15) is 0 Å². The molecule has 0 unspecified atom stereocenters. The molecule has 2 aromatic carbocycles. The van der Waals surface area contributed by atoms with Gasteiger partial charge >= 0.3 is 0 Å². The third kappa shape index (κ3) is 3.69. The Labute approximate surface area is 125 Å². The van der Waals surface area contributed by atoms with Gasteiger partial charge in [-0.15, -0.1) is 0 Å². The second-order valence-corrected chi connectivity index (χ2v) is 6.43. The number of hydrogen-bond donors (Lipinski definition) is 2. The molecule has 0 aromatic heterocycles. The quantitative estimate of drug-likeness (QED) is 0.845. The van der Waals surface area contributed by atoms with Crippen molar-refractivity contribution in [2.24, 2.45) is 0 Å². The summed E-state index contributed by atoms with van der Waals surface area (Å²) in [5.74, 6) is -2.05. The van der Waals surface area contributed by atoms with Gasteiger partial charge in [0, 0.05) is 11.6 Å². The summed E-state index contributed by atoms with van der Waals surface area (Å²) in [5, 5.41) is 0.220. The van der Waals surface area contributed by atoms with E-state index in [0.717, 1.165) is 12.1 Å². The van der Waals surface area contributed by atoms with Crippen molar-refractivity contribution in [2.75, 3.05) is 5.73 Å². The average Bonchev–Trinajstić information content (AvgIpc) is 2.43. The lowest BCUT2D eigenvalue weighted by atomic mass is 10.2. The number of nitrogens with two attached hydrogens (primary N) is 1. The molecule has 0 radical (unpaired) electrons. The molecule has 0 aliphatic carbocycles. The minimum Gasteiger partial charge on any atom is -0.398 e. The molecule has 4 nitrogen and oxygen atoms in total. The lowest BCUT2D eigenvalue weighted by Crippen LogP contribution is -2.24. The number of hydrogen-bond acceptors (Lipinski definition) is 3. The van der Waals surface area contributed by atoms with Crippen molar-refractivity contribution in [3.8, 4) is 0 Å². The zero-order valence-electron chi connectivity index (χ0n) is 10.6. The Bertz CT molecular complexity index is 782. The minimum absolute atomic E-state index is 0.0391. The van der Waals surface area contributed by atoms with E-state index in [2.05, 4.69) is 4.72 Å². The molecular weight excluding hydrogens is 322 g/mol. The van der Waals surface area contributed by atoms with E-state index in [-0.39, 0.29) is 27.7 Å². The van der Waals surface area contributed by atoms with E-state index in [9.17, 15) is 17.2 Å². The number of halogens is 3. The van der Waals surface area contributed by atoms with Gasteiger partial charge in [-0.05, 0) is 35.9 Å². The molecule has 0 saturated carbocycles.